The molecule has 0 unspecified atom stereocenters. The van der Waals surface area contributed by atoms with E-state index >= 15 is 0 Å². The van der Waals surface area contributed by atoms with Crippen molar-refractivity contribution in [2.75, 3.05) is 19.8 Å². The Morgan fingerprint density at radius 2 is 1.53 bits per heavy atom. The van der Waals surface area contributed by atoms with Gasteiger partial charge in [-0.3, -0.25) is 0 Å². The quantitative estimate of drug-likeness (QED) is 0.709. The van der Waals surface area contributed by atoms with Gasteiger partial charge in [0.2, 0.25) is 0 Å². The summed E-state index contributed by atoms with van der Waals surface area (Å²) >= 11 is 0. The number of rotatable bonds is 5. The molecule has 3 saturated heterocycles. The van der Waals surface area contributed by atoms with Gasteiger partial charge in [-0.1, -0.05) is 45.4 Å². The lowest BCUT2D eigenvalue weighted by atomic mass is 9.80. The molecule has 0 N–H and O–H groups in total. The maximum absolute atomic E-state index is 6.09. The third kappa shape index (κ3) is 2.70. The van der Waals surface area contributed by atoms with Crippen LogP contribution in [0, 0.1) is 11.3 Å². The molecule has 19 heavy (non-hydrogen) atoms. The van der Waals surface area contributed by atoms with Crippen LogP contribution in [0.1, 0.15) is 64.7 Å². The highest BCUT2D eigenvalue weighted by molar-refractivity contribution is 4.91. The van der Waals surface area contributed by atoms with Crippen LogP contribution in [0.5, 0.6) is 0 Å². The second-order valence-electron chi connectivity index (χ2n) is 6.76. The molecule has 0 spiro atoms. The van der Waals surface area contributed by atoms with Crippen LogP contribution in [-0.2, 0) is 14.2 Å². The summed E-state index contributed by atoms with van der Waals surface area (Å²) in [6.45, 7) is 4.77. The fourth-order valence-electron chi connectivity index (χ4n) is 3.79. The molecule has 4 aliphatic rings. The van der Waals surface area contributed by atoms with E-state index in [2.05, 4.69) is 6.92 Å². The van der Waals surface area contributed by atoms with Gasteiger partial charge >= 0.3 is 0 Å². The molecular weight excluding hydrogens is 240 g/mol. The Balaban J connectivity index is 1.57. The molecule has 0 aromatic rings. The number of unbranched alkanes of at least 4 members (excludes halogenated alkanes) is 2. The zero-order chi connectivity index (χ0) is 13.2. The summed E-state index contributed by atoms with van der Waals surface area (Å²) in [7, 11) is 0. The molecule has 1 aliphatic carbocycles. The predicted molar refractivity (Wildman–Crippen MR) is 73.7 cm³/mol. The first kappa shape index (κ1) is 13.8. The first-order valence-corrected chi connectivity index (χ1v) is 8.20. The Morgan fingerprint density at radius 3 is 2.11 bits per heavy atom. The third-order valence-electron chi connectivity index (χ3n) is 5.15. The molecule has 0 atom stereocenters. The Labute approximate surface area is 117 Å². The average Bonchev–Trinajstić information content (AvgIpc) is 2.50. The van der Waals surface area contributed by atoms with E-state index in [9.17, 15) is 0 Å². The van der Waals surface area contributed by atoms with Crippen molar-refractivity contribution >= 4 is 0 Å². The molecule has 3 heteroatoms. The zero-order valence-corrected chi connectivity index (χ0v) is 12.3. The molecule has 3 nitrogen and oxygen atoms in total. The number of ether oxygens (including phenoxy) is 3. The van der Waals surface area contributed by atoms with Crippen molar-refractivity contribution in [2.45, 2.75) is 70.7 Å². The van der Waals surface area contributed by atoms with Crippen LogP contribution in [-0.4, -0.2) is 25.8 Å². The van der Waals surface area contributed by atoms with E-state index in [1.54, 1.807) is 0 Å². The Bertz CT molecular complexity index is 272. The third-order valence-corrected chi connectivity index (χ3v) is 5.15. The molecule has 3 heterocycles. The summed E-state index contributed by atoms with van der Waals surface area (Å²) in [5, 5.41) is 0. The lowest BCUT2D eigenvalue weighted by molar-refractivity contribution is -0.488. The Kier molecular flexibility index (Phi) is 4.16. The average molecular weight is 268 g/mol. The van der Waals surface area contributed by atoms with Gasteiger partial charge in [0.05, 0.1) is 19.8 Å². The summed E-state index contributed by atoms with van der Waals surface area (Å²) in [6, 6.07) is 0. The van der Waals surface area contributed by atoms with E-state index in [0.29, 0.717) is 5.92 Å². The molecule has 0 aromatic carbocycles. The highest BCUT2D eigenvalue weighted by Crippen LogP contribution is 2.48. The molecule has 0 amide bonds. The van der Waals surface area contributed by atoms with Crippen molar-refractivity contribution in [3.05, 3.63) is 0 Å². The second-order valence-corrected chi connectivity index (χ2v) is 6.76. The molecule has 1 saturated carbocycles. The topological polar surface area (TPSA) is 27.7 Å². The zero-order valence-electron chi connectivity index (χ0n) is 12.3. The fraction of sp³-hybridized carbons (Fsp3) is 1.00. The summed E-state index contributed by atoms with van der Waals surface area (Å²) in [5.74, 6) is -0.220. The highest BCUT2D eigenvalue weighted by Gasteiger charge is 2.55. The van der Waals surface area contributed by atoms with Gasteiger partial charge in [0.25, 0.3) is 5.97 Å². The predicted octanol–water partition coefficient (Wildman–Crippen LogP) is 3.86. The van der Waals surface area contributed by atoms with Crippen LogP contribution in [0.4, 0.5) is 0 Å². The van der Waals surface area contributed by atoms with E-state index in [4.69, 9.17) is 14.2 Å². The summed E-state index contributed by atoms with van der Waals surface area (Å²) in [5.41, 5.74) is 0.144. The summed E-state index contributed by atoms with van der Waals surface area (Å²) < 4.78 is 18.3. The molecule has 4 fully saturated rings. The van der Waals surface area contributed by atoms with Crippen LogP contribution < -0.4 is 0 Å². The summed E-state index contributed by atoms with van der Waals surface area (Å²) in [6.07, 6.45) is 11.4. The van der Waals surface area contributed by atoms with Crippen molar-refractivity contribution in [3.8, 4) is 0 Å². The molecule has 4 rings (SSSR count). The second kappa shape index (κ2) is 5.71. The van der Waals surface area contributed by atoms with Crippen molar-refractivity contribution in [3.63, 3.8) is 0 Å². The van der Waals surface area contributed by atoms with E-state index in [-0.39, 0.29) is 5.41 Å². The van der Waals surface area contributed by atoms with Gasteiger partial charge in [0, 0.05) is 11.3 Å². The first-order chi connectivity index (χ1) is 9.29. The maximum atomic E-state index is 6.09. The molecular formula is C16H28O3. The molecule has 0 radical (unpaired) electrons. The van der Waals surface area contributed by atoms with Crippen molar-refractivity contribution in [1.82, 2.24) is 0 Å². The standard InChI is InChI=1S/C16H28O3/c1-2-3-7-10-15-11-17-16(18-12-15,19-13-15)14-8-5-4-6-9-14/h14H,2-13H2,1H3. The van der Waals surface area contributed by atoms with Crippen molar-refractivity contribution in [1.29, 1.82) is 0 Å². The fourth-order valence-corrected chi connectivity index (χ4v) is 3.79. The van der Waals surface area contributed by atoms with E-state index in [1.807, 2.05) is 0 Å². The Morgan fingerprint density at radius 1 is 0.895 bits per heavy atom. The van der Waals surface area contributed by atoms with Crippen LogP contribution in [0.2, 0.25) is 0 Å². The van der Waals surface area contributed by atoms with Crippen LogP contribution in [0.15, 0.2) is 0 Å². The molecule has 110 valence electrons. The van der Waals surface area contributed by atoms with Gasteiger partial charge < -0.3 is 14.2 Å². The van der Waals surface area contributed by atoms with Gasteiger partial charge in [-0.2, -0.15) is 0 Å². The van der Waals surface area contributed by atoms with Crippen molar-refractivity contribution < 1.29 is 14.2 Å². The van der Waals surface area contributed by atoms with E-state index < -0.39 is 5.97 Å². The van der Waals surface area contributed by atoms with Crippen LogP contribution in [0.3, 0.4) is 0 Å². The van der Waals surface area contributed by atoms with Gasteiger partial charge in [-0.25, -0.2) is 0 Å². The summed E-state index contributed by atoms with van der Waals surface area (Å²) in [4.78, 5) is 0. The highest BCUT2D eigenvalue weighted by atomic mass is 16.9. The SMILES string of the molecule is CCCCCC12COC(C3CCCCC3)(OC1)OC2. The van der Waals surface area contributed by atoms with Gasteiger partial charge in [-0.15, -0.1) is 0 Å². The number of hydrogen-bond acceptors (Lipinski definition) is 3. The van der Waals surface area contributed by atoms with Crippen molar-refractivity contribution in [2.24, 2.45) is 11.3 Å². The minimum absolute atomic E-state index is 0.144. The van der Waals surface area contributed by atoms with Gasteiger partial charge in [-0.05, 0) is 19.3 Å². The molecule has 3 aliphatic heterocycles. The minimum Gasteiger partial charge on any atom is -0.326 e. The number of fused-ring (bicyclic) bond motifs is 3. The monoisotopic (exact) mass is 268 g/mol. The lowest BCUT2D eigenvalue weighted by Crippen LogP contribution is -2.63. The first-order valence-electron chi connectivity index (χ1n) is 8.20. The normalized spacial score (nSPS) is 39.6. The molecule has 0 aromatic heterocycles. The largest absolute Gasteiger partial charge is 0.326 e. The number of hydrogen-bond donors (Lipinski definition) is 0. The van der Waals surface area contributed by atoms with E-state index in [0.717, 1.165) is 19.8 Å². The molecule has 2 bridgehead atoms. The maximum Gasteiger partial charge on any atom is 0.285 e. The smallest absolute Gasteiger partial charge is 0.285 e. The van der Waals surface area contributed by atoms with Gasteiger partial charge in [0.1, 0.15) is 0 Å². The Hall–Kier alpha value is -0.120. The van der Waals surface area contributed by atoms with E-state index in [1.165, 1.54) is 57.8 Å². The van der Waals surface area contributed by atoms with Gasteiger partial charge in [0.15, 0.2) is 0 Å². The van der Waals surface area contributed by atoms with Crippen LogP contribution in [0.25, 0.3) is 0 Å². The minimum atomic E-state index is -0.674. The lowest BCUT2D eigenvalue weighted by Gasteiger charge is -2.55. The van der Waals surface area contributed by atoms with Crippen LogP contribution >= 0.6 is 0 Å².